The van der Waals surface area contributed by atoms with E-state index in [-0.39, 0.29) is 30.7 Å². The predicted molar refractivity (Wildman–Crippen MR) is 131 cm³/mol. The van der Waals surface area contributed by atoms with Crippen LogP contribution in [0.15, 0.2) is 54.6 Å². The topological polar surface area (TPSA) is 85.0 Å². The SMILES string of the molecule is Cc1cccc(NC(=O)C[C@@H]2C(=O)NCCN2C(=O)CN2CCN(Cc3ccccc3)CC2)c1. The molecule has 4 rings (SSSR count). The number of hydrogen-bond acceptors (Lipinski definition) is 5. The Morgan fingerprint density at radius 2 is 1.71 bits per heavy atom. The van der Waals surface area contributed by atoms with Crippen LogP contribution in [0.4, 0.5) is 5.69 Å². The number of carbonyl (C=O) groups is 3. The second-order valence-corrected chi connectivity index (χ2v) is 9.05. The summed E-state index contributed by atoms with van der Waals surface area (Å²) in [6.45, 7) is 7.35. The van der Waals surface area contributed by atoms with Crippen LogP contribution in [-0.4, -0.2) is 84.3 Å². The zero-order valence-electron chi connectivity index (χ0n) is 19.7. The fourth-order valence-electron chi connectivity index (χ4n) is 4.56. The highest BCUT2D eigenvalue weighted by Gasteiger charge is 2.35. The normalized spacial score (nSPS) is 19.5. The van der Waals surface area contributed by atoms with Gasteiger partial charge in [0.2, 0.25) is 17.7 Å². The zero-order chi connectivity index (χ0) is 23.9. The number of hydrogen-bond donors (Lipinski definition) is 2. The molecule has 1 atom stereocenters. The van der Waals surface area contributed by atoms with Crippen molar-refractivity contribution in [1.29, 1.82) is 0 Å². The van der Waals surface area contributed by atoms with Gasteiger partial charge < -0.3 is 15.5 Å². The highest BCUT2D eigenvalue weighted by atomic mass is 16.2. The molecule has 0 bridgehead atoms. The first kappa shape index (κ1) is 23.9. The van der Waals surface area contributed by atoms with Gasteiger partial charge in [0, 0.05) is 51.5 Å². The number of rotatable bonds is 7. The average molecular weight is 464 g/mol. The first-order chi connectivity index (χ1) is 16.5. The first-order valence-electron chi connectivity index (χ1n) is 11.9. The Morgan fingerprint density at radius 3 is 2.44 bits per heavy atom. The van der Waals surface area contributed by atoms with E-state index in [1.807, 2.05) is 37.3 Å². The maximum atomic E-state index is 13.1. The molecule has 2 aromatic carbocycles. The Balaban J connectivity index is 1.29. The second-order valence-electron chi connectivity index (χ2n) is 9.05. The lowest BCUT2D eigenvalue weighted by molar-refractivity contribution is -0.145. The first-order valence-corrected chi connectivity index (χ1v) is 11.9. The summed E-state index contributed by atoms with van der Waals surface area (Å²) >= 11 is 0. The number of benzene rings is 2. The lowest BCUT2D eigenvalue weighted by Crippen LogP contribution is -2.60. The van der Waals surface area contributed by atoms with Crippen LogP contribution in [0.2, 0.25) is 0 Å². The summed E-state index contributed by atoms with van der Waals surface area (Å²) in [6.07, 6.45) is -0.0592. The van der Waals surface area contributed by atoms with Crippen molar-refractivity contribution in [2.45, 2.75) is 25.9 Å². The van der Waals surface area contributed by atoms with Crippen molar-refractivity contribution in [3.63, 3.8) is 0 Å². The van der Waals surface area contributed by atoms with E-state index in [9.17, 15) is 14.4 Å². The molecule has 8 heteroatoms. The Labute approximate surface area is 200 Å². The second kappa shape index (κ2) is 11.3. The number of anilines is 1. The molecule has 0 unspecified atom stereocenters. The van der Waals surface area contributed by atoms with Crippen LogP contribution in [-0.2, 0) is 20.9 Å². The van der Waals surface area contributed by atoms with E-state index in [1.54, 1.807) is 4.90 Å². The molecule has 0 aliphatic carbocycles. The van der Waals surface area contributed by atoms with E-state index in [0.717, 1.165) is 38.3 Å². The van der Waals surface area contributed by atoms with Gasteiger partial charge in [-0.1, -0.05) is 42.5 Å². The van der Waals surface area contributed by atoms with Crippen LogP contribution in [0.1, 0.15) is 17.5 Å². The van der Waals surface area contributed by atoms with Gasteiger partial charge in [0.05, 0.1) is 13.0 Å². The van der Waals surface area contributed by atoms with Gasteiger partial charge in [-0.2, -0.15) is 0 Å². The zero-order valence-corrected chi connectivity index (χ0v) is 19.7. The van der Waals surface area contributed by atoms with E-state index in [0.29, 0.717) is 18.8 Å². The van der Waals surface area contributed by atoms with Crippen molar-refractivity contribution in [3.8, 4) is 0 Å². The van der Waals surface area contributed by atoms with Gasteiger partial charge in [0.15, 0.2) is 0 Å². The minimum absolute atomic E-state index is 0.0592. The molecule has 34 heavy (non-hydrogen) atoms. The third-order valence-electron chi connectivity index (χ3n) is 6.40. The Kier molecular flexibility index (Phi) is 7.92. The van der Waals surface area contributed by atoms with Crippen molar-refractivity contribution in [2.24, 2.45) is 0 Å². The van der Waals surface area contributed by atoms with Gasteiger partial charge in [-0.15, -0.1) is 0 Å². The molecular formula is C26H33N5O3. The van der Waals surface area contributed by atoms with Crippen LogP contribution < -0.4 is 10.6 Å². The summed E-state index contributed by atoms with van der Waals surface area (Å²) in [7, 11) is 0. The van der Waals surface area contributed by atoms with Gasteiger partial charge in [-0.25, -0.2) is 0 Å². The van der Waals surface area contributed by atoms with Crippen molar-refractivity contribution in [3.05, 3.63) is 65.7 Å². The molecule has 0 spiro atoms. The maximum absolute atomic E-state index is 13.1. The largest absolute Gasteiger partial charge is 0.353 e. The van der Waals surface area contributed by atoms with Gasteiger partial charge >= 0.3 is 0 Å². The molecule has 2 saturated heterocycles. The van der Waals surface area contributed by atoms with Gasteiger partial charge in [0.1, 0.15) is 6.04 Å². The predicted octanol–water partition coefficient (Wildman–Crippen LogP) is 1.47. The molecule has 0 aromatic heterocycles. The third-order valence-corrected chi connectivity index (χ3v) is 6.40. The van der Waals surface area contributed by atoms with Gasteiger partial charge in [-0.3, -0.25) is 24.2 Å². The quantitative estimate of drug-likeness (QED) is 0.650. The van der Waals surface area contributed by atoms with Crippen LogP contribution in [0, 0.1) is 6.92 Å². The number of amides is 3. The number of nitrogens with zero attached hydrogens (tertiary/aromatic N) is 3. The lowest BCUT2D eigenvalue weighted by Gasteiger charge is -2.38. The Morgan fingerprint density at radius 1 is 0.971 bits per heavy atom. The molecule has 2 aliphatic heterocycles. The molecule has 2 aromatic rings. The summed E-state index contributed by atoms with van der Waals surface area (Å²) in [4.78, 5) is 44.4. The number of aryl methyl sites for hydroxylation is 1. The van der Waals surface area contributed by atoms with Gasteiger partial charge in [0.25, 0.3) is 0 Å². The molecular weight excluding hydrogens is 430 g/mol. The number of nitrogens with one attached hydrogen (secondary N) is 2. The molecule has 2 N–H and O–H groups in total. The minimum Gasteiger partial charge on any atom is -0.353 e. The highest BCUT2D eigenvalue weighted by molar-refractivity contribution is 5.97. The molecule has 2 aliphatic rings. The van der Waals surface area contributed by atoms with Crippen LogP contribution in [0.25, 0.3) is 0 Å². The van der Waals surface area contributed by atoms with Crippen molar-refractivity contribution >= 4 is 23.4 Å². The molecule has 2 heterocycles. The fourth-order valence-corrected chi connectivity index (χ4v) is 4.56. The van der Waals surface area contributed by atoms with E-state index in [4.69, 9.17) is 0 Å². The summed E-state index contributed by atoms with van der Waals surface area (Å²) in [5.41, 5.74) is 3.01. The number of piperazine rings is 2. The summed E-state index contributed by atoms with van der Waals surface area (Å²) in [5.74, 6) is -0.647. The van der Waals surface area contributed by atoms with Crippen LogP contribution in [0.3, 0.4) is 0 Å². The summed E-state index contributed by atoms with van der Waals surface area (Å²) in [6, 6.07) is 17.1. The van der Waals surface area contributed by atoms with Gasteiger partial charge in [-0.05, 0) is 30.2 Å². The molecule has 2 fully saturated rings. The Hall–Kier alpha value is -3.23. The summed E-state index contributed by atoms with van der Waals surface area (Å²) in [5, 5.41) is 5.64. The lowest BCUT2D eigenvalue weighted by atomic mass is 10.1. The van der Waals surface area contributed by atoms with E-state index < -0.39 is 6.04 Å². The molecule has 180 valence electrons. The average Bonchev–Trinajstić information content (AvgIpc) is 2.82. The molecule has 8 nitrogen and oxygen atoms in total. The number of carbonyl (C=O) groups excluding carboxylic acids is 3. The molecule has 0 radical (unpaired) electrons. The third kappa shape index (κ3) is 6.42. The fraction of sp³-hybridized carbons (Fsp3) is 0.423. The monoisotopic (exact) mass is 463 g/mol. The van der Waals surface area contributed by atoms with Crippen molar-refractivity contribution in [2.75, 3.05) is 51.1 Å². The smallest absolute Gasteiger partial charge is 0.243 e. The summed E-state index contributed by atoms with van der Waals surface area (Å²) < 4.78 is 0. The van der Waals surface area contributed by atoms with Crippen molar-refractivity contribution < 1.29 is 14.4 Å². The minimum atomic E-state index is -0.787. The standard InChI is InChI=1S/C26H33N5O3/c1-20-6-5-9-22(16-20)28-24(32)17-23-26(34)27-10-11-31(23)25(33)19-30-14-12-29(13-15-30)18-21-7-3-2-4-8-21/h2-9,16,23H,10-15,17-19H2,1H3,(H,27,34)(H,28,32)/t23-/m1/s1. The highest BCUT2D eigenvalue weighted by Crippen LogP contribution is 2.15. The maximum Gasteiger partial charge on any atom is 0.243 e. The van der Waals surface area contributed by atoms with Crippen LogP contribution in [0.5, 0.6) is 0 Å². The molecule has 3 amide bonds. The van der Waals surface area contributed by atoms with Crippen LogP contribution >= 0.6 is 0 Å². The molecule has 0 saturated carbocycles. The van der Waals surface area contributed by atoms with E-state index in [2.05, 4.69) is 44.7 Å². The Bertz CT molecular complexity index is 1000. The van der Waals surface area contributed by atoms with E-state index >= 15 is 0 Å². The van der Waals surface area contributed by atoms with E-state index in [1.165, 1.54) is 5.56 Å². The van der Waals surface area contributed by atoms with Crippen molar-refractivity contribution in [1.82, 2.24) is 20.0 Å².